The molecule has 0 aliphatic heterocycles. The molecule has 0 bridgehead atoms. The highest BCUT2D eigenvalue weighted by Crippen LogP contribution is 2.29. The van der Waals surface area contributed by atoms with Gasteiger partial charge in [0.15, 0.2) is 0 Å². The lowest BCUT2D eigenvalue weighted by molar-refractivity contribution is -0.592. The number of fused-ring (bicyclic) bond motifs is 1. The summed E-state index contributed by atoms with van der Waals surface area (Å²) in [5, 5.41) is 3.62. The summed E-state index contributed by atoms with van der Waals surface area (Å²) in [4.78, 5) is 3.04. The van der Waals surface area contributed by atoms with Crippen molar-refractivity contribution in [3.05, 3.63) is 58.1 Å². The molecule has 0 fully saturated rings. The number of nitrogens with zero attached hydrogens (tertiary/aromatic N) is 1. The number of benzene rings is 2. The Morgan fingerprint density at radius 2 is 1.53 bits per heavy atom. The van der Waals surface area contributed by atoms with Gasteiger partial charge in [-0.2, -0.15) is 4.57 Å². The van der Waals surface area contributed by atoms with Crippen LogP contribution in [-0.2, 0) is 6.42 Å². The Labute approximate surface area is 201 Å². The van der Waals surface area contributed by atoms with Crippen molar-refractivity contribution < 1.29 is 21.5 Å². The summed E-state index contributed by atoms with van der Waals surface area (Å²) in [6.07, 6.45) is 15.0. The summed E-state index contributed by atoms with van der Waals surface area (Å²) in [5.41, 5.74) is 3.75. The molecular formula is C25H33BrCl2N2. The van der Waals surface area contributed by atoms with Crippen LogP contribution in [0.25, 0.3) is 16.5 Å². The van der Waals surface area contributed by atoms with Crippen LogP contribution in [0.1, 0.15) is 75.8 Å². The summed E-state index contributed by atoms with van der Waals surface area (Å²) < 4.78 is 1.99. The first-order valence-corrected chi connectivity index (χ1v) is 11.8. The number of hydrogen-bond donors (Lipinski definition) is 1. The lowest BCUT2D eigenvalue weighted by atomic mass is 9.94. The SMILES string of the molecule is CCCCCCCCCCCc1c(-[n+]2c[nH]c(Cl)c2Cl)c(C)cc2ccccc12.[Br-]. The van der Waals surface area contributed by atoms with E-state index in [0.717, 1.165) is 12.1 Å². The van der Waals surface area contributed by atoms with Crippen LogP contribution in [0.5, 0.6) is 0 Å². The molecule has 0 unspecified atom stereocenters. The standard InChI is InChI=1S/C25H32Cl2N2.BrH/c1-3-4-5-6-7-8-9-10-11-16-22-21-15-13-12-14-20(21)17-19(2)23(22)29-18-28-24(26)25(29)27;/h12-15,17-18H,3-11,16H2,1-2H3;1H. The first-order valence-electron chi connectivity index (χ1n) is 11.1. The Hall–Kier alpha value is -1.03. The predicted molar refractivity (Wildman–Crippen MR) is 126 cm³/mol. The number of aryl methyl sites for hydroxylation is 2. The highest BCUT2D eigenvalue weighted by Gasteiger charge is 2.22. The van der Waals surface area contributed by atoms with Crippen LogP contribution in [0, 0.1) is 6.92 Å². The van der Waals surface area contributed by atoms with Gasteiger partial charge >= 0.3 is 0 Å². The molecule has 0 atom stereocenters. The number of nitrogens with one attached hydrogen (secondary N) is 1. The van der Waals surface area contributed by atoms with E-state index in [1.54, 1.807) is 0 Å². The first-order chi connectivity index (χ1) is 14.1. The maximum Gasteiger partial charge on any atom is 0.260 e. The fourth-order valence-electron chi connectivity index (χ4n) is 4.27. The summed E-state index contributed by atoms with van der Waals surface area (Å²) in [7, 11) is 0. The minimum absolute atomic E-state index is 0. The number of hydrogen-bond acceptors (Lipinski definition) is 0. The minimum atomic E-state index is 0. The summed E-state index contributed by atoms with van der Waals surface area (Å²) in [5.74, 6) is 0. The van der Waals surface area contributed by atoms with Gasteiger partial charge in [0.25, 0.3) is 10.3 Å². The van der Waals surface area contributed by atoms with Crippen LogP contribution < -0.4 is 21.5 Å². The third-order valence-electron chi connectivity index (χ3n) is 5.80. The van der Waals surface area contributed by atoms with E-state index in [2.05, 4.69) is 49.2 Å². The molecule has 5 heteroatoms. The van der Waals surface area contributed by atoms with E-state index < -0.39 is 0 Å². The highest BCUT2D eigenvalue weighted by atomic mass is 79.9. The molecule has 30 heavy (non-hydrogen) atoms. The molecule has 0 radical (unpaired) electrons. The lowest BCUT2D eigenvalue weighted by Gasteiger charge is -2.14. The number of halogens is 3. The molecule has 0 saturated carbocycles. The van der Waals surface area contributed by atoms with Crippen LogP contribution in [0.4, 0.5) is 0 Å². The third kappa shape index (κ3) is 6.24. The van der Waals surface area contributed by atoms with Gasteiger partial charge in [0.1, 0.15) is 5.69 Å². The highest BCUT2D eigenvalue weighted by molar-refractivity contribution is 6.39. The van der Waals surface area contributed by atoms with E-state index in [9.17, 15) is 0 Å². The van der Waals surface area contributed by atoms with Gasteiger partial charge in [-0.15, -0.1) is 0 Å². The molecule has 1 heterocycles. The quantitative estimate of drug-likeness (QED) is 0.271. The fourth-order valence-corrected chi connectivity index (χ4v) is 4.60. The number of H-pyrrole nitrogens is 1. The van der Waals surface area contributed by atoms with Crippen molar-refractivity contribution in [3.63, 3.8) is 0 Å². The van der Waals surface area contributed by atoms with E-state index in [-0.39, 0.29) is 17.0 Å². The first kappa shape index (κ1) is 25.2. The smallest absolute Gasteiger partial charge is 0.260 e. The van der Waals surface area contributed by atoms with Gasteiger partial charge in [-0.05, 0) is 65.4 Å². The van der Waals surface area contributed by atoms with Crippen molar-refractivity contribution in [3.8, 4) is 5.69 Å². The van der Waals surface area contributed by atoms with Crippen LogP contribution in [0.15, 0.2) is 36.7 Å². The van der Waals surface area contributed by atoms with Crippen LogP contribution in [0.3, 0.4) is 0 Å². The van der Waals surface area contributed by atoms with E-state index in [1.165, 1.54) is 79.7 Å². The molecular weight excluding hydrogens is 479 g/mol. The Balaban J connectivity index is 0.00000320. The maximum absolute atomic E-state index is 6.49. The van der Waals surface area contributed by atoms with E-state index in [0.29, 0.717) is 10.3 Å². The molecule has 1 aromatic heterocycles. The zero-order valence-electron chi connectivity index (χ0n) is 18.1. The zero-order chi connectivity index (χ0) is 20.6. The van der Waals surface area contributed by atoms with Crippen molar-refractivity contribution in [2.24, 2.45) is 0 Å². The van der Waals surface area contributed by atoms with Gasteiger partial charge in [-0.25, -0.2) is 4.98 Å². The Bertz CT molecular complexity index is 936. The van der Waals surface area contributed by atoms with E-state index >= 15 is 0 Å². The summed E-state index contributed by atoms with van der Waals surface area (Å²) in [6, 6.07) is 10.9. The molecule has 164 valence electrons. The van der Waals surface area contributed by atoms with Gasteiger partial charge in [0.05, 0.1) is 0 Å². The predicted octanol–water partition coefficient (Wildman–Crippen LogP) is 5.14. The third-order valence-corrected chi connectivity index (χ3v) is 6.56. The second-order valence-corrected chi connectivity index (χ2v) is 8.80. The summed E-state index contributed by atoms with van der Waals surface area (Å²) >= 11 is 12.7. The monoisotopic (exact) mass is 510 g/mol. The second-order valence-electron chi connectivity index (χ2n) is 8.07. The Kier molecular flexibility index (Phi) is 10.7. The molecule has 2 nitrogen and oxygen atoms in total. The van der Waals surface area contributed by atoms with Gasteiger partial charge in [0, 0.05) is 5.56 Å². The normalized spacial score (nSPS) is 11.1. The van der Waals surface area contributed by atoms with Crippen molar-refractivity contribution >= 4 is 34.0 Å². The van der Waals surface area contributed by atoms with Crippen LogP contribution >= 0.6 is 23.2 Å². The molecule has 0 amide bonds. The van der Waals surface area contributed by atoms with Gasteiger partial charge in [-0.3, -0.25) is 0 Å². The second kappa shape index (κ2) is 12.7. The average molecular weight is 512 g/mol. The number of aromatic nitrogens is 2. The zero-order valence-corrected chi connectivity index (χ0v) is 21.2. The maximum atomic E-state index is 6.49. The summed E-state index contributed by atoms with van der Waals surface area (Å²) in [6.45, 7) is 4.43. The molecule has 1 N–H and O–H groups in total. The van der Waals surface area contributed by atoms with Gasteiger partial charge in [0.2, 0.25) is 6.33 Å². The van der Waals surface area contributed by atoms with E-state index in [1.807, 2.05) is 10.9 Å². The molecule has 0 spiro atoms. The molecule has 3 aromatic rings. The molecule has 0 aliphatic carbocycles. The molecule has 2 aromatic carbocycles. The number of imidazole rings is 1. The average Bonchev–Trinajstić information content (AvgIpc) is 3.05. The van der Waals surface area contributed by atoms with Gasteiger partial charge in [-0.1, -0.05) is 82.6 Å². The lowest BCUT2D eigenvalue weighted by Crippen LogP contribution is -3.00. The Morgan fingerprint density at radius 1 is 0.900 bits per heavy atom. The fraction of sp³-hybridized carbons (Fsp3) is 0.480. The van der Waals surface area contributed by atoms with Crippen LogP contribution in [-0.4, -0.2) is 4.98 Å². The minimum Gasteiger partial charge on any atom is -1.00 e. The largest absolute Gasteiger partial charge is 1.00 e. The molecule has 0 aliphatic rings. The molecule has 0 saturated heterocycles. The van der Waals surface area contributed by atoms with Crippen molar-refractivity contribution in [1.29, 1.82) is 0 Å². The topological polar surface area (TPSA) is 19.7 Å². The molecule has 3 rings (SSSR count). The Morgan fingerprint density at radius 3 is 2.17 bits per heavy atom. The van der Waals surface area contributed by atoms with Crippen molar-refractivity contribution in [2.45, 2.75) is 78.1 Å². The number of unbranched alkanes of at least 4 members (excludes halogenated alkanes) is 8. The number of aromatic amines is 1. The van der Waals surface area contributed by atoms with Crippen molar-refractivity contribution in [1.82, 2.24) is 4.98 Å². The number of rotatable bonds is 11. The van der Waals surface area contributed by atoms with E-state index in [4.69, 9.17) is 23.2 Å². The van der Waals surface area contributed by atoms with Crippen LogP contribution in [0.2, 0.25) is 10.3 Å². The van der Waals surface area contributed by atoms with Gasteiger partial charge < -0.3 is 17.0 Å². The van der Waals surface area contributed by atoms with Crippen molar-refractivity contribution in [2.75, 3.05) is 0 Å².